The molecule has 0 saturated heterocycles. The number of hydrogen-bond acceptors (Lipinski definition) is 3. The van der Waals surface area contributed by atoms with E-state index in [0.717, 1.165) is 5.56 Å². The first-order valence-electron chi connectivity index (χ1n) is 5.34. The van der Waals surface area contributed by atoms with E-state index in [1.807, 2.05) is 6.92 Å². The van der Waals surface area contributed by atoms with Crippen molar-refractivity contribution in [3.8, 4) is 5.75 Å². The molecule has 0 heterocycles. The van der Waals surface area contributed by atoms with E-state index in [9.17, 15) is 8.42 Å². The van der Waals surface area contributed by atoms with Crippen LogP contribution in [0, 0.1) is 6.92 Å². The van der Waals surface area contributed by atoms with Crippen molar-refractivity contribution in [2.45, 2.75) is 11.8 Å². The Hall–Kier alpha value is -1.23. The third kappa shape index (κ3) is 3.62. The SMILES string of the molecule is Cc1ccc(S(=O)(=O)Oc2cc(Cl)cc(Cl)c2)cc1. The molecule has 0 radical (unpaired) electrons. The quantitative estimate of drug-likeness (QED) is 0.802. The van der Waals surface area contributed by atoms with Gasteiger partial charge in [-0.25, -0.2) is 0 Å². The highest BCUT2D eigenvalue weighted by atomic mass is 35.5. The fraction of sp³-hybridized carbons (Fsp3) is 0.0769. The molecule has 2 aromatic rings. The second-order valence-electron chi connectivity index (χ2n) is 3.96. The van der Waals surface area contributed by atoms with Gasteiger partial charge in [0.25, 0.3) is 0 Å². The fourth-order valence-corrected chi connectivity index (χ4v) is 2.88. The van der Waals surface area contributed by atoms with E-state index in [1.165, 1.54) is 30.3 Å². The van der Waals surface area contributed by atoms with Gasteiger partial charge < -0.3 is 4.18 Å². The number of halogens is 2. The number of aryl methyl sites for hydroxylation is 1. The van der Waals surface area contributed by atoms with Crippen LogP contribution in [0.2, 0.25) is 10.0 Å². The molecule has 0 N–H and O–H groups in total. The molecule has 0 aliphatic heterocycles. The van der Waals surface area contributed by atoms with Crippen LogP contribution >= 0.6 is 23.2 Å². The smallest absolute Gasteiger partial charge is 0.339 e. The minimum atomic E-state index is -3.88. The summed E-state index contributed by atoms with van der Waals surface area (Å²) >= 11 is 11.6. The van der Waals surface area contributed by atoms with Crippen LogP contribution < -0.4 is 4.18 Å². The lowest BCUT2D eigenvalue weighted by molar-refractivity contribution is 0.486. The minimum Gasteiger partial charge on any atom is -0.379 e. The van der Waals surface area contributed by atoms with Gasteiger partial charge in [-0.1, -0.05) is 40.9 Å². The molecule has 0 atom stereocenters. The molecule has 0 aromatic heterocycles. The highest BCUT2D eigenvalue weighted by Gasteiger charge is 2.16. The summed E-state index contributed by atoms with van der Waals surface area (Å²) in [4.78, 5) is 0.0780. The van der Waals surface area contributed by atoms with E-state index in [0.29, 0.717) is 10.0 Å². The lowest BCUT2D eigenvalue weighted by Crippen LogP contribution is -2.09. The van der Waals surface area contributed by atoms with Crippen molar-refractivity contribution in [1.82, 2.24) is 0 Å². The molecule has 0 unspecified atom stereocenters. The average molecular weight is 317 g/mol. The van der Waals surface area contributed by atoms with Gasteiger partial charge >= 0.3 is 10.1 Å². The van der Waals surface area contributed by atoms with Crippen LogP contribution in [0.5, 0.6) is 5.75 Å². The molecule has 2 aromatic carbocycles. The molecule has 100 valence electrons. The summed E-state index contributed by atoms with van der Waals surface area (Å²) in [6, 6.07) is 10.6. The summed E-state index contributed by atoms with van der Waals surface area (Å²) in [5, 5.41) is 0.614. The Balaban J connectivity index is 2.33. The summed E-state index contributed by atoms with van der Waals surface area (Å²) in [6.07, 6.45) is 0. The predicted molar refractivity (Wildman–Crippen MR) is 75.5 cm³/mol. The van der Waals surface area contributed by atoms with E-state index in [2.05, 4.69) is 0 Å². The van der Waals surface area contributed by atoms with Crippen molar-refractivity contribution in [1.29, 1.82) is 0 Å². The van der Waals surface area contributed by atoms with Gasteiger partial charge in [0.05, 0.1) is 0 Å². The van der Waals surface area contributed by atoms with Gasteiger partial charge in [0, 0.05) is 22.2 Å². The van der Waals surface area contributed by atoms with Crippen LogP contribution in [0.3, 0.4) is 0 Å². The van der Waals surface area contributed by atoms with Gasteiger partial charge in [0.1, 0.15) is 10.6 Å². The van der Waals surface area contributed by atoms with Crippen molar-refractivity contribution in [3.63, 3.8) is 0 Å². The zero-order valence-corrected chi connectivity index (χ0v) is 12.3. The largest absolute Gasteiger partial charge is 0.379 e. The Kier molecular flexibility index (Phi) is 4.04. The van der Waals surface area contributed by atoms with E-state index in [1.54, 1.807) is 12.1 Å². The third-order valence-corrected chi connectivity index (χ3v) is 4.05. The van der Waals surface area contributed by atoms with Gasteiger partial charge in [-0.15, -0.1) is 0 Å². The van der Waals surface area contributed by atoms with E-state index >= 15 is 0 Å². The summed E-state index contributed by atoms with van der Waals surface area (Å²) in [5.74, 6) is 0.0816. The van der Waals surface area contributed by atoms with Crippen molar-refractivity contribution >= 4 is 33.3 Å². The lowest BCUT2D eigenvalue weighted by atomic mass is 10.2. The van der Waals surface area contributed by atoms with Crippen molar-refractivity contribution in [2.24, 2.45) is 0 Å². The average Bonchev–Trinajstić information content (AvgIpc) is 2.27. The van der Waals surface area contributed by atoms with Crippen LogP contribution in [0.1, 0.15) is 5.56 Å². The monoisotopic (exact) mass is 316 g/mol. The zero-order chi connectivity index (χ0) is 14.0. The standard InChI is InChI=1S/C13H10Cl2O3S/c1-9-2-4-13(5-3-9)19(16,17)18-12-7-10(14)6-11(15)8-12/h2-8H,1H3. The highest BCUT2D eigenvalue weighted by molar-refractivity contribution is 7.87. The molecular formula is C13H10Cl2O3S. The Morgan fingerprint density at radius 2 is 1.47 bits per heavy atom. The minimum absolute atomic E-state index is 0.0780. The number of hydrogen-bond donors (Lipinski definition) is 0. The summed E-state index contributed by atoms with van der Waals surface area (Å²) < 4.78 is 29.0. The van der Waals surface area contributed by atoms with Crippen LogP contribution in [-0.4, -0.2) is 8.42 Å². The normalized spacial score (nSPS) is 11.3. The van der Waals surface area contributed by atoms with Crippen molar-refractivity contribution < 1.29 is 12.6 Å². The van der Waals surface area contributed by atoms with Crippen LogP contribution in [0.25, 0.3) is 0 Å². The molecular weight excluding hydrogens is 307 g/mol. The molecule has 0 amide bonds. The molecule has 0 aliphatic carbocycles. The van der Waals surface area contributed by atoms with Crippen molar-refractivity contribution in [3.05, 3.63) is 58.1 Å². The Bertz CT molecular complexity index is 674. The molecule has 6 heteroatoms. The van der Waals surface area contributed by atoms with E-state index in [4.69, 9.17) is 27.4 Å². The molecule has 0 fully saturated rings. The van der Waals surface area contributed by atoms with Gasteiger partial charge in [-0.05, 0) is 25.1 Å². The lowest BCUT2D eigenvalue weighted by Gasteiger charge is -2.08. The van der Waals surface area contributed by atoms with Crippen LogP contribution in [0.4, 0.5) is 0 Å². The number of rotatable bonds is 3. The Labute approximate surface area is 121 Å². The van der Waals surface area contributed by atoms with Crippen LogP contribution in [-0.2, 0) is 10.1 Å². The van der Waals surface area contributed by atoms with Gasteiger partial charge in [-0.2, -0.15) is 8.42 Å². The molecule has 0 spiro atoms. The Morgan fingerprint density at radius 1 is 0.947 bits per heavy atom. The fourth-order valence-electron chi connectivity index (χ4n) is 1.46. The van der Waals surface area contributed by atoms with Gasteiger partial charge in [0.2, 0.25) is 0 Å². The molecule has 2 rings (SSSR count). The molecule has 19 heavy (non-hydrogen) atoms. The second-order valence-corrected chi connectivity index (χ2v) is 6.37. The summed E-state index contributed by atoms with van der Waals surface area (Å²) in [7, 11) is -3.88. The number of benzene rings is 2. The predicted octanol–water partition coefficient (Wildman–Crippen LogP) is 4.07. The summed E-state index contributed by atoms with van der Waals surface area (Å²) in [5.41, 5.74) is 0.963. The van der Waals surface area contributed by atoms with Crippen LogP contribution in [0.15, 0.2) is 47.4 Å². The first kappa shape index (κ1) is 14.2. The topological polar surface area (TPSA) is 43.4 Å². The molecule has 0 saturated carbocycles. The maximum atomic E-state index is 12.0. The maximum absolute atomic E-state index is 12.0. The van der Waals surface area contributed by atoms with Gasteiger partial charge in [-0.3, -0.25) is 0 Å². The van der Waals surface area contributed by atoms with Crippen molar-refractivity contribution in [2.75, 3.05) is 0 Å². The third-order valence-electron chi connectivity index (χ3n) is 2.35. The Morgan fingerprint density at radius 3 is 2.00 bits per heavy atom. The first-order chi connectivity index (χ1) is 8.87. The van der Waals surface area contributed by atoms with Gasteiger partial charge in [0.15, 0.2) is 0 Å². The zero-order valence-electron chi connectivity index (χ0n) is 9.93. The molecule has 0 aliphatic rings. The molecule has 0 bridgehead atoms. The highest BCUT2D eigenvalue weighted by Crippen LogP contribution is 2.26. The first-order valence-corrected chi connectivity index (χ1v) is 7.50. The summed E-state index contributed by atoms with van der Waals surface area (Å²) in [6.45, 7) is 1.87. The maximum Gasteiger partial charge on any atom is 0.339 e. The second kappa shape index (κ2) is 5.41. The van der Waals surface area contributed by atoms with E-state index in [-0.39, 0.29) is 10.6 Å². The molecule has 3 nitrogen and oxygen atoms in total. The van der Waals surface area contributed by atoms with E-state index < -0.39 is 10.1 Å².